The van der Waals surface area contributed by atoms with Crippen LogP contribution in [0.2, 0.25) is 0 Å². The van der Waals surface area contributed by atoms with Crippen LogP contribution in [0.1, 0.15) is 64.9 Å². The molecule has 1 aliphatic heterocycles. The van der Waals surface area contributed by atoms with Gasteiger partial charge in [-0.3, -0.25) is 10.1 Å². The highest BCUT2D eigenvalue weighted by atomic mass is 16.6. The maximum absolute atomic E-state index is 11.8. The van der Waals surface area contributed by atoms with Gasteiger partial charge in [0, 0.05) is 42.5 Å². The minimum absolute atomic E-state index is 0.172. The lowest BCUT2D eigenvalue weighted by Gasteiger charge is -2.59. The summed E-state index contributed by atoms with van der Waals surface area (Å²) >= 11 is 0. The molecule has 0 radical (unpaired) electrons. The molecule has 164 valence electrons. The van der Waals surface area contributed by atoms with E-state index in [4.69, 9.17) is 0 Å². The molecule has 0 unspecified atom stereocenters. The van der Waals surface area contributed by atoms with Crippen LogP contribution in [0, 0.1) is 39.2 Å². The summed E-state index contributed by atoms with van der Waals surface area (Å²) < 4.78 is 0. The third-order valence-corrected chi connectivity index (χ3v) is 8.84. The molecule has 4 saturated carbocycles. The molecule has 1 aromatic carbocycles. The maximum Gasteiger partial charge on any atom is 0.272 e. The standard InChI is InChI=1S/C25H37N3O2/c1-16(25-11-19-7-20(12-25)9-21(8-19)13-25)6-22-10-23(4-5-24(22)28(29)30)27-14-17(2)26-18(3)15-27/h4-5,10,16-21,26H,6-9,11-15H2,1-3H3/t16-,17-,18+,19?,20?,21?,25?/m1/s1. The minimum atomic E-state index is -0.172. The Morgan fingerprint density at radius 3 is 2.20 bits per heavy atom. The van der Waals surface area contributed by atoms with Gasteiger partial charge < -0.3 is 10.2 Å². The van der Waals surface area contributed by atoms with Gasteiger partial charge in [-0.05, 0) is 100 Å². The van der Waals surface area contributed by atoms with Crippen molar-refractivity contribution in [3.05, 3.63) is 33.9 Å². The van der Waals surface area contributed by atoms with Crippen molar-refractivity contribution in [1.82, 2.24) is 5.32 Å². The van der Waals surface area contributed by atoms with Crippen molar-refractivity contribution in [3.63, 3.8) is 0 Å². The number of nitrogens with one attached hydrogen (secondary N) is 1. The molecule has 5 heteroatoms. The number of anilines is 1. The van der Waals surface area contributed by atoms with Crippen molar-refractivity contribution < 1.29 is 4.92 Å². The van der Waals surface area contributed by atoms with Gasteiger partial charge in [-0.1, -0.05) is 6.92 Å². The summed E-state index contributed by atoms with van der Waals surface area (Å²) in [6, 6.07) is 6.72. The lowest BCUT2D eigenvalue weighted by molar-refractivity contribution is -0.385. The molecule has 0 spiro atoms. The van der Waals surface area contributed by atoms with Gasteiger partial charge in [0.25, 0.3) is 5.69 Å². The van der Waals surface area contributed by atoms with E-state index in [1.807, 2.05) is 6.07 Å². The Hall–Kier alpha value is -1.62. The fraction of sp³-hybridized carbons (Fsp3) is 0.760. The molecular weight excluding hydrogens is 374 g/mol. The molecule has 5 fully saturated rings. The van der Waals surface area contributed by atoms with Crippen LogP contribution in [-0.2, 0) is 6.42 Å². The van der Waals surface area contributed by atoms with E-state index >= 15 is 0 Å². The van der Waals surface area contributed by atoms with Crippen LogP contribution in [-0.4, -0.2) is 30.1 Å². The fourth-order valence-electron chi connectivity index (χ4n) is 7.98. The van der Waals surface area contributed by atoms with Crippen LogP contribution in [0.15, 0.2) is 18.2 Å². The van der Waals surface area contributed by atoms with E-state index in [0.717, 1.165) is 48.5 Å². The number of rotatable bonds is 5. The number of benzene rings is 1. The highest BCUT2D eigenvalue weighted by Crippen LogP contribution is 2.63. The first-order valence-electron chi connectivity index (χ1n) is 12.1. The first kappa shape index (κ1) is 20.3. The number of hydrogen-bond acceptors (Lipinski definition) is 4. The van der Waals surface area contributed by atoms with Gasteiger partial charge >= 0.3 is 0 Å². The zero-order valence-electron chi connectivity index (χ0n) is 18.8. The molecule has 30 heavy (non-hydrogen) atoms. The van der Waals surface area contributed by atoms with Crippen molar-refractivity contribution in [2.45, 2.75) is 77.8 Å². The second-order valence-corrected chi connectivity index (χ2v) is 11.3. The zero-order valence-corrected chi connectivity index (χ0v) is 18.8. The molecule has 5 aliphatic rings. The normalized spacial score (nSPS) is 38.6. The second kappa shape index (κ2) is 7.51. The topological polar surface area (TPSA) is 58.4 Å². The Balaban J connectivity index is 1.41. The molecule has 3 atom stereocenters. The molecule has 0 aromatic heterocycles. The minimum Gasteiger partial charge on any atom is -0.368 e. The van der Waals surface area contributed by atoms with Gasteiger partial charge in [-0.15, -0.1) is 0 Å². The molecule has 6 rings (SSSR count). The van der Waals surface area contributed by atoms with Crippen LogP contribution in [0.4, 0.5) is 11.4 Å². The van der Waals surface area contributed by atoms with E-state index < -0.39 is 0 Å². The molecule has 4 aliphatic carbocycles. The predicted octanol–water partition coefficient (Wildman–Crippen LogP) is 5.18. The quantitative estimate of drug-likeness (QED) is 0.536. The van der Waals surface area contributed by atoms with Crippen molar-refractivity contribution in [2.24, 2.45) is 29.1 Å². The number of nitro groups is 1. The first-order valence-corrected chi connectivity index (χ1v) is 12.1. The monoisotopic (exact) mass is 411 g/mol. The molecule has 1 saturated heterocycles. The summed E-state index contributed by atoms with van der Waals surface area (Å²) in [6.07, 6.45) is 9.26. The predicted molar refractivity (Wildman–Crippen MR) is 121 cm³/mol. The molecule has 5 nitrogen and oxygen atoms in total. The second-order valence-electron chi connectivity index (χ2n) is 11.3. The summed E-state index contributed by atoms with van der Waals surface area (Å²) in [4.78, 5) is 14.1. The van der Waals surface area contributed by atoms with E-state index in [-0.39, 0.29) is 4.92 Å². The highest BCUT2D eigenvalue weighted by Gasteiger charge is 2.53. The summed E-state index contributed by atoms with van der Waals surface area (Å²) in [5, 5.41) is 15.4. The lowest BCUT2D eigenvalue weighted by atomic mass is 9.46. The summed E-state index contributed by atoms with van der Waals surface area (Å²) in [5.74, 6) is 3.28. The van der Waals surface area contributed by atoms with Gasteiger partial charge in [-0.25, -0.2) is 0 Å². The Morgan fingerprint density at radius 2 is 1.67 bits per heavy atom. The van der Waals surface area contributed by atoms with Crippen molar-refractivity contribution in [2.75, 3.05) is 18.0 Å². The number of hydrogen-bond donors (Lipinski definition) is 1. The Morgan fingerprint density at radius 1 is 1.10 bits per heavy atom. The van der Waals surface area contributed by atoms with E-state index in [9.17, 15) is 10.1 Å². The number of piperazine rings is 1. The van der Waals surface area contributed by atoms with E-state index in [2.05, 4.69) is 37.1 Å². The van der Waals surface area contributed by atoms with Crippen LogP contribution < -0.4 is 10.2 Å². The van der Waals surface area contributed by atoms with Crippen LogP contribution in [0.5, 0.6) is 0 Å². The van der Waals surface area contributed by atoms with Crippen LogP contribution in [0.3, 0.4) is 0 Å². The maximum atomic E-state index is 11.8. The molecule has 0 amide bonds. The van der Waals surface area contributed by atoms with E-state index in [0.29, 0.717) is 29.1 Å². The number of nitrogens with zero attached hydrogens (tertiary/aromatic N) is 2. The highest BCUT2D eigenvalue weighted by molar-refractivity contribution is 5.56. The average Bonchev–Trinajstić information content (AvgIpc) is 2.66. The zero-order chi connectivity index (χ0) is 21.0. The van der Waals surface area contributed by atoms with Crippen molar-refractivity contribution in [1.29, 1.82) is 0 Å². The van der Waals surface area contributed by atoms with Gasteiger partial charge in [0.2, 0.25) is 0 Å². The lowest BCUT2D eigenvalue weighted by Crippen LogP contribution is -2.54. The summed E-state index contributed by atoms with van der Waals surface area (Å²) in [7, 11) is 0. The van der Waals surface area contributed by atoms with Crippen LogP contribution >= 0.6 is 0 Å². The van der Waals surface area contributed by atoms with Gasteiger partial charge in [0.15, 0.2) is 0 Å². The Labute approximate surface area is 180 Å². The SMILES string of the molecule is C[C@@H]1CN(c2ccc([N+](=O)[O-])c(C[C@@H](C)C34CC5CC(CC(C5)C3)C4)c2)C[C@H](C)N1. The van der Waals surface area contributed by atoms with Gasteiger partial charge in [-0.2, -0.15) is 0 Å². The average molecular weight is 412 g/mol. The molecule has 1 N–H and O–H groups in total. The third-order valence-electron chi connectivity index (χ3n) is 8.84. The third kappa shape index (κ3) is 3.63. The van der Waals surface area contributed by atoms with Gasteiger partial charge in [0.05, 0.1) is 4.92 Å². The number of nitro benzene ring substituents is 1. The Kier molecular flexibility index (Phi) is 5.08. The van der Waals surface area contributed by atoms with Gasteiger partial charge in [0.1, 0.15) is 0 Å². The first-order chi connectivity index (χ1) is 14.3. The smallest absolute Gasteiger partial charge is 0.272 e. The summed E-state index contributed by atoms with van der Waals surface area (Å²) in [5.41, 5.74) is 2.83. The van der Waals surface area contributed by atoms with Crippen molar-refractivity contribution >= 4 is 11.4 Å². The fourth-order valence-corrected chi connectivity index (χ4v) is 7.98. The van der Waals surface area contributed by atoms with E-state index in [1.54, 1.807) is 6.07 Å². The largest absolute Gasteiger partial charge is 0.368 e. The molecule has 1 aromatic rings. The Bertz CT molecular complexity index is 777. The van der Waals surface area contributed by atoms with Crippen LogP contribution in [0.25, 0.3) is 0 Å². The summed E-state index contributed by atoms with van der Waals surface area (Å²) in [6.45, 7) is 8.71. The van der Waals surface area contributed by atoms with E-state index in [1.165, 1.54) is 38.5 Å². The van der Waals surface area contributed by atoms with Crippen molar-refractivity contribution in [3.8, 4) is 0 Å². The molecule has 4 bridgehead atoms. The molecule has 1 heterocycles. The molecular formula is C25H37N3O2.